The normalized spacial score (nSPS) is 11.2. The van der Waals surface area contributed by atoms with Crippen LogP contribution in [0, 0.1) is 0 Å². The van der Waals surface area contributed by atoms with Crippen molar-refractivity contribution in [3.8, 4) is 0 Å². The molecule has 0 fully saturated rings. The molecule has 2 rings (SSSR count). The molecule has 0 bridgehead atoms. The SMILES string of the molecule is Nc1nonc1C(=O)NCc1cccc(S(N)(=O)=O)c1. The van der Waals surface area contributed by atoms with E-state index in [2.05, 4.69) is 20.3 Å². The second-order valence-electron chi connectivity index (χ2n) is 3.87. The number of nitrogens with two attached hydrogens (primary N) is 2. The zero-order valence-corrected chi connectivity index (χ0v) is 10.9. The summed E-state index contributed by atoms with van der Waals surface area (Å²) < 4.78 is 26.7. The summed E-state index contributed by atoms with van der Waals surface area (Å²) >= 11 is 0. The maximum atomic E-state index is 11.7. The van der Waals surface area contributed by atoms with Crippen molar-refractivity contribution in [3.63, 3.8) is 0 Å². The van der Waals surface area contributed by atoms with Gasteiger partial charge in [0.1, 0.15) is 0 Å². The minimum Gasteiger partial charge on any atom is -0.379 e. The van der Waals surface area contributed by atoms with Crippen LogP contribution in [0.5, 0.6) is 0 Å². The van der Waals surface area contributed by atoms with E-state index in [1.807, 2.05) is 0 Å². The van der Waals surface area contributed by atoms with Gasteiger partial charge in [-0.05, 0) is 28.0 Å². The molecule has 1 aromatic heterocycles. The van der Waals surface area contributed by atoms with Crippen LogP contribution >= 0.6 is 0 Å². The van der Waals surface area contributed by atoms with Gasteiger partial charge < -0.3 is 11.1 Å². The summed E-state index contributed by atoms with van der Waals surface area (Å²) in [6, 6.07) is 5.88. The molecule has 0 unspecified atom stereocenters. The van der Waals surface area contributed by atoms with E-state index in [1.165, 1.54) is 18.2 Å². The molecule has 0 radical (unpaired) electrons. The standard InChI is InChI=1S/C10H11N5O4S/c11-9-8(14-19-15-9)10(16)13-5-6-2-1-3-7(4-6)20(12,17)18/h1-4H,5H2,(H2,11,15)(H,13,16)(H2,12,17,18). The number of nitrogens with one attached hydrogen (secondary N) is 1. The Kier molecular flexibility index (Phi) is 3.68. The number of sulfonamides is 1. The molecule has 1 aromatic carbocycles. The summed E-state index contributed by atoms with van der Waals surface area (Å²) in [5.74, 6) is -0.703. The fourth-order valence-electron chi connectivity index (χ4n) is 1.45. The molecule has 2 aromatic rings. The topological polar surface area (TPSA) is 154 Å². The number of rotatable bonds is 4. The molecule has 0 saturated carbocycles. The zero-order valence-electron chi connectivity index (χ0n) is 10.1. The Morgan fingerprint density at radius 2 is 2.10 bits per heavy atom. The average molecular weight is 297 g/mol. The number of amides is 1. The lowest BCUT2D eigenvalue weighted by Crippen LogP contribution is -2.24. The molecule has 0 saturated heterocycles. The Labute approximate surface area is 114 Å². The third kappa shape index (κ3) is 3.10. The molecule has 9 nitrogen and oxygen atoms in total. The van der Waals surface area contributed by atoms with Crippen molar-refractivity contribution in [1.29, 1.82) is 0 Å². The number of nitrogen functional groups attached to an aromatic ring is 1. The van der Waals surface area contributed by atoms with Crippen molar-refractivity contribution in [2.24, 2.45) is 5.14 Å². The largest absolute Gasteiger partial charge is 0.379 e. The molecule has 5 N–H and O–H groups in total. The number of benzene rings is 1. The Balaban J connectivity index is 2.09. The Morgan fingerprint density at radius 1 is 1.35 bits per heavy atom. The van der Waals surface area contributed by atoms with E-state index >= 15 is 0 Å². The van der Waals surface area contributed by atoms with E-state index in [1.54, 1.807) is 6.07 Å². The van der Waals surface area contributed by atoms with Crippen molar-refractivity contribution in [1.82, 2.24) is 15.6 Å². The molecule has 0 aliphatic rings. The summed E-state index contributed by atoms with van der Waals surface area (Å²) in [7, 11) is -3.78. The summed E-state index contributed by atoms with van der Waals surface area (Å²) in [4.78, 5) is 11.6. The number of carbonyl (C=O) groups is 1. The van der Waals surface area contributed by atoms with Gasteiger partial charge in [0.25, 0.3) is 5.91 Å². The fourth-order valence-corrected chi connectivity index (χ4v) is 2.04. The monoisotopic (exact) mass is 297 g/mol. The highest BCUT2D eigenvalue weighted by molar-refractivity contribution is 7.89. The van der Waals surface area contributed by atoms with Crippen LogP contribution in [0.1, 0.15) is 16.1 Å². The predicted molar refractivity (Wildman–Crippen MR) is 67.7 cm³/mol. The highest BCUT2D eigenvalue weighted by Crippen LogP contribution is 2.10. The molecule has 1 heterocycles. The molecule has 1 amide bonds. The van der Waals surface area contributed by atoms with Crippen LogP contribution in [0.3, 0.4) is 0 Å². The fraction of sp³-hybridized carbons (Fsp3) is 0.100. The van der Waals surface area contributed by atoms with Crippen molar-refractivity contribution < 1.29 is 17.8 Å². The van der Waals surface area contributed by atoms with Gasteiger partial charge in [-0.3, -0.25) is 4.79 Å². The molecule has 10 heteroatoms. The van der Waals surface area contributed by atoms with E-state index in [0.717, 1.165) is 0 Å². The maximum absolute atomic E-state index is 11.7. The highest BCUT2D eigenvalue weighted by atomic mass is 32.2. The summed E-state index contributed by atoms with van der Waals surface area (Å²) in [6.45, 7) is 0.0779. The van der Waals surface area contributed by atoms with Gasteiger partial charge in [0.15, 0.2) is 0 Å². The van der Waals surface area contributed by atoms with Crippen LogP contribution in [0.15, 0.2) is 33.8 Å². The van der Waals surface area contributed by atoms with Gasteiger partial charge in [-0.1, -0.05) is 12.1 Å². The van der Waals surface area contributed by atoms with Crippen molar-refractivity contribution in [3.05, 3.63) is 35.5 Å². The van der Waals surface area contributed by atoms with Gasteiger partial charge in [0, 0.05) is 6.54 Å². The zero-order chi connectivity index (χ0) is 14.8. The second-order valence-corrected chi connectivity index (χ2v) is 5.43. The van der Waals surface area contributed by atoms with Gasteiger partial charge in [0.05, 0.1) is 4.90 Å². The molecule has 0 aliphatic carbocycles. The van der Waals surface area contributed by atoms with Crippen molar-refractivity contribution in [2.45, 2.75) is 11.4 Å². The summed E-state index contributed by atoms with van der Waals surface area (Å²) in [5.41, 5.74) is 5.79. The number of primary sulfonamides is 1. The van der Waals surface area contributed by atoms with Gasteiger partial charge in [-0.25, -0.2) is 18.2 Å². The van der Waals surface area contributed by atoms with E-state index in [0.29, 0.717) is 5.56 Å². The molecule has 106 valence electrons. The number of anilines is 1. The molecule has 0 atom stereocenters. The third-order valence-electron chi connectivity index (χ3n) is 2.41. The lowest BCUT2D eigenvalue weighted by molar-refractivity contribution is 0.0941. The van der Waals surface area contributed by atoms with Gasteiger partial charge >= 0.3 is 0 Å². The molecule has 0 spiro atoms. The summed E-state index contributed by atoms with van der Waals surface area (Å²) in [5, 5.41) is 14.1. The first-order valence-corrected chi connectivity index (χ1v) is 6.90. The first-order valence-electron chi connectivity index (χ1n) is 5.36. The van der Waals surface area contributed by atoms with E-state index in [-0.39, 0.29) is 23.0 Å². The minimum absolute atomic E-state index is 0.0353. The van der Waals surface area contributed by atoms with Crippen molar-refractivity contribution in [2.75, 3.05) is 5.73 Å². The van der Waals surface area contributed by atoms with Gasteiger partial charge in [-0.2, -0.15) is 0 Å². The Morgan fingerprint density at radius 3 is 2.70 bits per heavy atom. The number of nitrogens with zero attached hydrogens (tertiary/aromatic N) is 2. The first kappa shape index (κ1) is 14.0. The van der Waals surface area contributed by atoms with Gasteiger partial charge in [-0.15, -0.1) is 0 Å². The molecule has 0 aliphatic heterocycles. The van der Waals surface area contributed by atoms with Crippen LogP contribution < -0.4 is 16.2 Å². The van der Waals surface area contributed by atoms with Gasteiger partial charge in [0.2, 0.25) is 21.5 Å². The lowest BCUT2D eigenvalue weighted by atomic mass is 10.2. The minimum atomic E-state index is -3.78. The maximum Gasteiger partial charge on any atom is 0.277 e. The van der Waals surface area contributed by atoms with Crippen LogP contribution in [0.4, 0.5) is 5.82 Å². The summed E-state index contributed by atoms with van der Waals surface area (Å²) in [6.07, 6.45) is 0. The average Bonchev–Trinajstić information content (AvgIpc) is 2.82. The molecular weight excluding hydrogens is 286 g/mol. The second kappa shape index (κ2) is 5.27. The van der Waals surface area contributed by atoms with E-state index in [4.69, 9.17) is 10.9 Å². The predicted octanol–water partition coefficient (Wildman–Crippen LogP) is -0.771. The number of aromatic nitrogens is 2. The van der Waals surface area contributed by atoms with E-state index < -0.39 is 15.9 Å². The third-order valence-corrected chi connectivity index (χ3v) is 3.32. The number of carbonyl (C=O) groups excluding carboxylic acids is 1. The molecule has 20 heavy (non-hydrogen) atoms. The van der Waals surface area contributed by atoms with Crippen molar-refractivity contribution >= 4 is 21.7 Å². The lowest BCUT2D eigenvalue weighted by Gasteiger charge is -2.05. The Hall–Kier alpha value is -2.46. The number of hydrogen-bond donors (Lipinski definition) is 3. The van der Waals surface area contributed by atoms with Crippen LogP contribution in [0.25, 0.3) is 0 Å². The smallest absolute Gasteiger partial charge is 0.277 e. The van der Waals surface area contributed by atoms with Crippen LogP contribution in [-0.2, 0) is 16.6 Å². The Bertz CT molecular complexity index is 740. The van der Waals surface area contributed by atoms with Crippen LogP contribution in [0.2, 0.25) is 0 Å². The highest BCUT2D eigenvalue weighted by Gasteiger charge is 2.15. The number of hydrogen-bond acceptors (Lipinski definition) is 7. The van der Waals surface area contributed by atoms with Crippen LogP contribution in [-0.4, -0.2) is 24.6 Å². The van der Waals surface area contributed by atoms with E-state index in [9.17, 15) is 13.2 Å². The quantitative estimate of drug-likeness (QED) is 0.669. The first-order chi connectivity index (χ1) is 9.38. The molecular formula is C10H11N5O4S.